The molecule has 3 nitrogen and oxygen atoms in total. The lowest BCUT2D eigenvalue weighted by Crippen LogP contribution is -1.98. The lowest BCUT2D eigenvalue weighted by Gasteiger charge is -2.07. The fourth-order valence-electron chi connectivity index (χ4n) is 1.21. The van der Waals surface area contributed by atoms with Crippen LogP contribution in [0.5, 0.6) is 11.5 Å². The summed E-state index contributed by atoms with van der Waals surface area (Å²) in [5.41, 5.74) is 1.20. The van der Waals surface area contributed by atoms with Gasteiger partial charge in [-0.3, -0.25) is 4.79 Å². The highest BCUT2D eigenvalue weighted by molar-refractivity contribution is 6.05. The lowest BCUT2D eigenvalue weighted by molar-refractivity contribution is 0.104. The molecule has 0 fully saturated rings. The molecule has 0 aliphatic heterocycles. The maximum Gasteiger partial charge on any atom is 0.185 e. The molecule has 0 aliphatic rings. The van der Waals surface area contributed by atoms with Crippen molar-refractivity contribution in [2.24, 2.45) is 0 Å². The largest absolute Gasteiger partial charge is 0.504 e. The van der Waals surface area contributed by atoms with Crippen LogP contribution in [0.4, 0.5) is 0 Å². The molecule has 0 bridgehead atoms. The average Bonchev–Trinajstić information content (AvgIpc) is 2.17. The molecule has 74 valence electrons. The Balaban J connectivity index is 3.30. The molecule has 0 aromatic heterocycles. The summed E-state index contributed by atoms with van der Waals surface area (Å²) in [6.45, 7) is 5.15. The summed E-state index contributed by atoms with van der Waals surface area (Å²) in [5.74, 6) is 0.146. The van der Waals surface area contributed by atoms with Gasteiger partial charge in [0.15, 0.2) is 17.3 Å². The Morgan fingerprint density at radius 3 is 2.71 bits per heavy atom. The van der Waals surface area contributed by atoms with Gasteiger partial charge < -0.3 is 9.84 Å². The molecular formula is C11H12O3. The number of carbonyl (C=O) groups excluding carboxylic acids is 1. The summed E-state index contributed by atoms with van der Waals surface area (Å²) >= 11 is 0. The molecule has 1 aromatic carbocycles. The van der Waals surface area contributed by atoms with Crippen LogP contribution in [0.2, 0.25) is 0 Å². The Labute approximate surface area is 82.6 Å². The molecule has 0 saturated carbocycles. The number of phenols is 1. The van der Waals surface area contributed by atoms with Crippen LogP contribution in [0.1, 0.15) is 15.9 Å². The van der Waals surface area contributed by atoms with E-state index >= 15 is 0 Å². The van der Waals surface area contributed by atoms with Gasteiger partial charge in [-0.1, -0.05) is 6.58 Å². The Bertz CT molecular complexity index is 380. The van der Waals surface area contributed by atoms with Crippen molar-refractivity contribution >= 4 is 5.78 Å². The number of benzene rings is 1. The fourth-order valence-corrected chi connectivity index (χ4v) is 1.21. The van der Waals surface area contributed by atoms with E-state index < -0.39 is 0 Å². The minimum Gasteiger partial charge on any atom is -0.504 e. The third-order valence-corrected chi connectivity index (χ3v) is 1.98. The van der Waals surface area contributed by atoms with Crippen molar-refractivity contribution < 1.29 is 14.6 Å². The number of ketones is 1. The first-order valence-corrected chi connectivity index (χ1v) is 4.14. The lowest BCUT2D eigenvalue weighted by atomic mass is 10.0. The number of ether oxygens (including phenoxy) is 1. The zero-order valence-electron chi connectivity index (χ0n) is 8.20. The zero-order valence-corrected chi connectivity index (χ0v) is 8.20. The number of hydrogen-bond donors (Lipinski definition) is 1. The predicted molar refractivity (Wildman–Crippen MR) is 53.9 cm³/mol. The van der Waals surface area contributed by atoms with Crippen LogP contribution in [0.3, 0.4) is 0 Å². The van der Waals surface area contributed by atoms with Crippen molar-refractivity contribution in [2.45, 2.75) is 6.92 Å². The van der Waals surface area contributed by atoms with Gasteiger partial charge in [0.1, 0.15) is 0 Å². The van der Waals surface area contributed by atoms with Gasteiger partial charge >= 0.3 is 0 Å². The molecule has 1 aromatic rings. The van der Waals surface area contributed by atoms with Gasteiger partial charge in [-0.25, -0.2) is 0 Å². The first kappa shape index (κ1) is 10.3. The maximum atomic E-state index is 11.4. The first-order valence-electron chi connectivity index (χ1n) is 4.14. The Morgan fingerprint density at radius 2 is 2.21 bits per heavy atom. The van der Waals surface area contributed by atoms with Gasteiger partial charge in [0.25, 0.3) is 0 Å². The van der Waals surface area contributed by atoms with E-state index in [2.05, 4.69) is 6.58 Å². The average molecular weight is 192 g/mol. The van der Waals surface area contributed by atoms with E-state index in [1.54, 1.807) is 6.92 Å². The minimum absolute atomic E-state index is 0.0330. The topological polar surface area (TPSA) is 46.5 Å². The van der Waals surface area contributed by atoms with E-state index in [1.807, 2.05) is 0 Å². The van der Waals surface area contributed by atoms with Crippen molar-refractivity contribution in [3.63, 3.8) is 0 Å². The first-order chi connectivity index (χ1) is 6.60. The number of phenolic OH excluding ortho intramolecular Hbond substituents is 1. The summed E-state index contributed by atoms with van der Waals surface area (Å²) in [6, 6.07) is 3.00. The van der Waals surface area contributed by atoms with Crippen LogP contribution in [0, 0.1) is 6.92 Å². The van der Waals surface area contributed by atoms with Crippen LogP contribution >= 0.6 is 0 Å². The number of aryl methyl sites for hydroxylation is 1. The van der Waals surface area contributed by atoms with E-state index in [-0.39, 0.29) is 11.5 Å². The molecule has 0 heterocycles. The smallest absolute Gasteiger partial charge is 0.185 e. The second-order valence-corrected chi connectivity index (χ2v) is 2.91. The zero-order chi connectivity index (χ0) is 10.7. The van der Waals surface area contributed by atoms with Gasteiger partial charge in [-0.05, 0) is 30.7 Å². The molecule has 0 atom stereocenters. The van der Waals surface area contributed by atoms with E-state index in [4.69, 9.17) is 4.74 Å². The molecular weight excluding hydrogens is 180 g/mol. The highest BCUT2D eigenvalue weighted by Crippen LogP contribution is 2.29. The van der Waals surface area contributed by atoms with Gasteiger partial charge in [0.2, 0.25) is 0 Å². The molecule has 0 unspecified atom stereocenters. The van der Waals surface area contributed by atoms with Crippen LogP contribution < -0.4 is 4.74 Å². The van der Waals surface area contributed by atoms with Gasteiger partial charge in [0, 0.05) is 5.56 Å². The predicted octanol–water partition coefficient (Wildman–Crippen LogP) is 2.08. The summed E-state index contributed by atoms with van der Waals surface area (Å²) in [6.07, 6.45) is 1.23. The molecule has 0 spiro atoms. The van der Waals surface area contributed by atoms with Crippen molar-refractivity contribution in [2.75, 3.05) is 7.11 Å². The number of aromatic hydroxyl groups is 1. The Kier molecular flexibility index (Phi) is 2.92. The monoisotopic (exact) mass is 192 g/mol. The summed E-state index contributed by atoms with van der Waals surface area (Å²) in [5, 5.41) is 9.41. The second kappa shape index (κ2) is 3.96. The van der Waals surface area contributed by atoms with Crippen molar-refractivity contribution in [3.8, 4) is 11.5 Å². The van der Waals surface area contributed by atoms with Gasteiger partial charge in [-0.15, -0.1) is 0 Å². The fraction of sp³-hybridized carbons (Fsp3) is 0.182. The number of rotatable bonds is 3. The molecule has 0 amide bonds. The number of methoxy groups -OCH3 is 1. The van der Waals surface area contributed by atoms with Gasteiger partial charge in [-0.2, -0.15) is 0 Å². The third-order valence-electron chi connectivity index (χ3n) is 1.98. The second-order valence-electron chi connectivity index (χ2n) is 2.91. The molecule has 0 aliphatic carbocycles. The van der Waals surface area contributed by atoms with Crippen molar-refractivity contribution in [3.05, 3.63) is 35.9 Å². The molecule has 1 rings (SSSR count). The minimum atomic E-state index is -0.180. The molecule has 1 N–H and O–H groups in total. The SMILES string of the molecule is C=CC(=O)c1cc(OC)c(O)cc1C. The van der Waals surface area contributed by atoms with Crippen molar-refractivity contribution in [1.82, 2.24) is 0 Å². The number of hydrogen-bond acceptors (Lipinski definition) is 3. The van der Waals surface area contributed by atoms with E-state index in [0.717, 1.165) is 0 Å². The number of carbonyl (C=O) groups is 1. The van der Waals surface area contributed by atoms with E-state index in [0.29, 0.717) is 16.9 Å². The normalized spacial score (nSPS) is 9.57. The highest BCUT2D eigenvalue weighted by Gasteiger charge is 2.10. The van der Waals surface area contributed by atoms with E-state index in [1.165, 1.54) is 25.3 Å². The number of allylic oxidation sites excluding steroid dienone is 1. The van der Waals surface area contributed by atoms with E-state index in [9.17, 15) is 9.90 Å². The summed E-state index contributed by atoms with van der Waals surface area (Å²) < 4.78 is 4.90. The maximum absolute atomic E-state index is 11.4. The Hall–Kier alpha value is -1.77. The van der Waals surface area contributed by atoms with Crippen molar-refractivity contribution in [1.29, 1.82) is 0 Å². The molecule has 0 saturated heterocycles. The van der Waals surface area contributed by atoms with Crippen LogP contribution in [0.15, 0.2) is 24.8 Å². The van der Waals surface area contributed by atoms with Gasteiger partial charge in [0.05, 0.1) is 7.11 Å². The summed E-state index contributed by atoms with van der Waals surface area (Å²) in [4.78, 5) is 11.4. The van der Waals surface area contributed by atoms with Crippen LogP contribution in [-0.4, -0.2) is 18.0 Å². The molecule has 14 heavy (non-hydrogen) atoms. The summed E-state index contributed by atoms with van der Waals surface area (Å²) in [7, 11) is 1.44. The van der Waals surface area contributed by atoms with Crippen LogP contribution in [-0.2, 0) is 0 Å². The quantitative estimate of drug-likeness (QED) is 0.589. The Morgan fingerprint density at radius 1 is 1.57 bits per heavy atom. The standard InChI is InChI=1S/C11H12O3/c1-4-9(12)8-6-11(14-3)10(13)5-7(8)2/h4-6,13H,1H2,2-3H3. The highest BCUT2D eigenvalue weighted by atomic mass is 16.5. The van der Waals surface area contributed by atoms with Crippen LogP contribution in [0.25, 0.3) is 0 Å². The molecule has 0 radical (unpaired) electrons. The third kappa shape index (κ3) is 1.76. The molecule has 3 heteroatoms.